The number of aromatic nitrogens is 2. The zero-order valence-corrected chi connectivity index (χ0v) is 18.9. The van der Waals surface area contributed by atoms with Gasteiger partial charge >= 0.3 is 0 Å². The van der Waals surface area contributed by atoms with E-state index in [4.69, 9.17) is 0 Å². The summed E-state index contributed by atoms with van der Waals surface area (Å²) in [4.78, 5) is 17.3. The Morgan fingerprint density at radius 2 is 1.62 bits per heavy atom. The van der Waals surface area contributed by atoms with E-state index < -0.39 is 0 Å². The van der Waals surface area contributed by atoms with Gasteiger partial charge in [-0.3, -0.25) is 9.69 Å². The van der Waals surface area contributed by atoms with Gasteiger partial charge in [-0.25, -0.2) is 9.07 Å². The highest BCUT2D eigenvalue weighted by Crippen LogP contribution is 2.23. The summed E-state index contributed by atoms with van der Waals surface area (Å²) in [5, 5.41) is 7.71. The van der Waals surface area contributed by atoms with Crippen LogP contribution in [0.1, 0.15) is 23.4 Å². The number of nitrogens with one attached hydrogen (secondary N) is 1. The zero-order valence-electron chi connectivity index (χ0n) is 18.9. The molecule has 4 rings (SSSR count). The molecule has 2 heterocycles. The number of aryl methyl sites for hydroxylation is 2. The van der Waals surface area contributed by atoms with Gasteiger partial charge in [0.05, 0.1) is 29.3 Å². The lowest BCUT2D eigenvalue weighted by Crippen LogP contribution is -2.36. The van der Waals surface area contributed by atoms with E-state index in [2.05, 4.69) is 39.3 Å². The first-order valence-corrected chi connectivity index (χ1v) is 11.1. The van der Waals surface area contributed by atoms with Gasteiger partial charge in [-0.1, -0.05) is 17.7 Å². The SMILES string of the molecule is Cc1ccc(-n2nc(C)c(NC(=O)CN3CCCN(c4ccc(F)cc4)CC3)c2C)cc1. The number of halogens is 1. The predicted molar refractivity (Wildman–Crippen MR) is 126 cm³/mol. The maximum Gasteiger partial charge on any atom is 0.238 e. The van der Waals surface area contributed by atoms with Crippen LogP contribution in [0.3, 0.4) is 0 Å². The number of anilines is 2. The van der Waals surface area contributed by atoms with Crippen molar-refractivity contribution in [1.82, 2.24) is 14.7 Å². The van der Waals surface area contributed by atoms with Crippen LogP contribution < -0.4 is 10.2 Å². The quantitative estimate of drug-likeness (QED) is 0.656. The fraction of sp³-hybridized carbons (Fsp3) is 0.360. The lowest BCUT2D eigenvalue weighted by Gasteiger charge is -2.23. The molecule has 1 N–H and O–H groups in total. The first-order valence-electron chi connectivity index (χ1n) is 11.1. The molecule has 0 aliphatic carbocycles. The Morgan fingerprint density at radius 1 is 0.938 bits per heavy atom. The maximum atomic E-state index is 13.2. The topological polar surface area (TPSA) is 53.4 Å². The van der Waals surface area contributed by atoms with Crippen LogP contribution in [0.4, 0.5) is 15.8 Å². The monoisotopic (exact) mass is 435 g/mol. The first-order chi connectivity index (χ1) is 15.4. The molecule has 7 heteroatoms. The minimum absolute atomic E-state index is 0.0325. The fourth-order valence-electron chi connectivity index (χ4n) is 4.18. The van der Waals surface area contributed by atoms with Crippen molar-refractivity contribution in [2.24, 2.45) is 0 Å². The van der Waals surface area contributed by atoms with Gasteiger partial charge in [-0.15, -0.1) is 0 Å². The summed E-state index contributed by atoms with van der Waals surface area (Å²) in [5.41, 5.74) is 5.68. The molecule has 3 aromatic rings. The van der Waals surface area contributed by atoms with E-state index in [1.165, 1.54) is 17.7 Å². The minimum atomic E-state index is -0.224. The van der Waals surface area contributed by atoms with Gasteiger partial charge in [-0.05, 0) is 63.6 Å². The van der Waals surface area contributed by atoms with Crippen molar-refractivity contribution < 1.29 is 9.18 Å². The molecule has 1 amide bonds. The Kier molecular flexibility index (Phi) is 6.55. The second kappa shape index (κ2) is 9.53. The van der Waals surface area contributed by atoms with Crippen LogP contribution in [0, 0.1) is 26.6 Å². The van der Waals surface area contributed by atoms with Crippen LogP contribution in [0.25, 0.3) is 5.69 Å². The molecule has 0 atom stereocenters. The van der Waals surface area contributed by atoms with Gasteiger partial charge < -0.3 is 10.2 Å². The Labute approximate surface area is 188 Å². The molecule has 168 valence electrons. The number of hydrogen-bond donors (Lipinski definition) is 1. The number of carbonyl (C=O) groups excluding carboxylic acids is 1. The largest absolute Gasteiger partial charge is 0.370 e. The van der Waals surface area contributed by atoms with Crippen LogP contribution in [0.2, 0.25) is 0 Å². The minimum Gasteiger partial charge on any atom is -0.370 e. The molecule has 1 saturated heterocycles. The summed E-state index contributed by atoms with van der Waals surface area (Å²) in [6.45, 7) is 9.62. The van der Waals surface area contributed by atoms with E-state index in [1.54, 1.807) is 0 Å². The van der Waals surface area contributed by atoms with Gasteiger partial charge in [0.2, 0.25) is 5.91 Å². The standard InChI is InChI=1S/C25H30FN5O/c1-18-5-9-23(10-6-18)31-20(3)25(19(2)28-31)27-24(32)17-29-13-4-14-30(16-15-29)22-11-7-21(26)8-12-22/h5-12H,4,13-17H2,1-3H3,(H,27,32). The Morgan fingerprint density at radius 3 is 2.34 bits per heavy atom. The van der Waals surface area contributed by atoms with Gasteiger partial charge in [0.1, 0.15) is 5.82 Å². The smallest absolute Gasteiger partial charge is 0.238 e. The summed E-state index contributed by atoms with van der Waals surface area (Å²) in [7, 11) is 0. The van der Waals surface area contributed by atoms with Gasteiger partial charge in [0, 0.05) is 31.9 Å². The van der Waals surface area contributed by atoms with Crippen molar-refractivity contribution in [3.63, 3.8) is 0 Å². The van der Waals surface area contributed by atoms with Crippen LogP contribution >= 0.6 is 0 Å². The van der Waals surface area contributed by atoms with E-state index in [9.17, 15) is 9.18 Å². The van der Waals surface area contributed by atoms with E-state index in [-0.39, 0.29) is 11.7 Å². The molecule has 2 aromatic carbocycles. The van der Waals surface area contributed by atoms with Crippen molar-refractivity contribution >= 4 is 17.3 Å². The molecular weight excluding hydrogens is 405 g/mol. The summed E-state index contributed by atoms with van der Waals surface area (Å²) in [6, 6.07) is 14.8. The Hall–Kier alpha value is -3.19. The van der Waals surface area contributed by atoms with Crippen molar-refractivity contribution in [2.45, 2.75) is 27.2 Å². The van der Waals surface area contributed by atoms with Gasteiger partial charge in [0.25, 0.3) is 0 Å². The third-order valence-corrected chi connectivity index (χ3v) is 5.98. The third-order valence-electron chi connectivity index (χ3n) is 5.98. The van der Waals surface area contributed by atoms with E-state index >= 15 is 0 Å². The second-order valence-electron chi connectivity index (χ2n) is 8.43. The summed E-state index contributed by atoms with van der Waals surface area (Å²) in [6.07, 6.45) is 0.952. The highest BCUT2D eigenvalue weighted by Gasteiger charge is 2.20. The van der Waals surface area contributed by atoms with E-state index in [1.807, 2.05) is 42.8 Å². The van der Waals surface area contributed by atoms with Crippen LogP contribution in [-0.4, -0.2) is 53.3 Å². The molecule has 1 aliphatic rings. The zero-order chi connectivity index (χ0) is 22.7. The summed E-state index contributed by atoms with van der Waals surface area (Å²) < 4.78 is 15.1. The summed E-state index contributed by atoms with van der Waals surface area (Å²) in [5.74, 6) is -0.256. The van der Waals surface area contributed by atoms with Crippen molar-refractivity contribution in [3.8, 4) is 5.69 Å². The molecule has 32 heavy (non-hydrogen) atoms. The number of carbonyl (C=O) groups is 1. The molecule has 0 saturated carbocycles. The molecular formula is C25H30FN5O. The van der Waals surface area contributed by atoms with Gasteiger partial charge in [-0.2, -0.15) is 5.10 Å². The molecule has 0 spiro atoms. The third kappa shape index (κ3) is 4.99. The average molecular weight is 436 g/mol. The van der Waals surface area contributed by atoms with Crippen molar-refractivity contribution in [2.75, 3.05) is 42.9 Å². The molecule has 6 nitrogen and oxygen atoms in total. The van der Waals surface area contributed by atoms with Crippen molar-refractivity contribution in [3.05, 3.63) is 71.3 Å². The highest BCUT2D eigenvalue weighted by molar-refractivity contribution is 5.93. The first kappa shape index (κ1) is 22.0. The summed E-state index contributed by atoms with van der Waals surface area (Å²) >= 11 is 0. The van der Waals surface area contributed by atoms with Crippen LogP contribution in [-0.2, 0) is 4.79 Å². The lowest BCUT2D eigenvalue weighted by molar-refractivity contribution is -0.117. The highest BCUT2D eigenvalue weighted by atomic mass is 19.1. The number of amides is 1. The fourth-order valence-corrected chi connectivity index (χ4v) is 4.18. The molecule has 1 fully saturated rings. The molecule has 0 unspecified atom stereocenters. The van der Waals surface area contributed by atoms with Gasteiger partial charge in [0.15, 0.2) is 0 Å². The number of hydrogen-bond acceptors (Lipinski definition) is 4. The van der Waals surface area contributed by atoms with Crippen LogP contribution in [0.15, 0.2) is 48.5 Å². The van der Waals surface area contributed by atoms with E-state index in [0.717, 1.165) is 61.0 Å². The van der Waals surface area contributed by atoms with Crippen LogP contribution in [0.5, 0.6) is 0 Å². The second-order valence-corrected chi connectivity index (χ2v) is 8.43. The molecule has 0 bridgehead atoms. The molecule has 1 aromatic heterocycles. The number of rotatable bonds is 5. The normalized spacial score (nSPS) is 14.9. The average Bonchev–Trinajstić information content (AvgIpc) is 2.93. The number of benzene rings is 2. The predicted octanol–water partition coefficient (Wildman–Crippen LogP) is 4.09. The molecule has 0 radical (unpaired) electrons. The number of nitrogens with zero attached hydrogens (tertiary/aromatic N) is 4. The van der Waals surface area contributed by atoms with Crippen molar-refractivity contribution in [1.29, 1.82) is 0 Å². The molecule has 1 aliphatic heterocycles. The maximum absolute atomic E-state index is 13.2. The lowest BCUT2D eigenvalue weighted by atomic mass is 10.2. The Balaban J connectivity index is 1.37. The Bertz CT molecular complexity index is 1070. The van der Waals surface area contributed by atoms with E-state index in [0.29, 0.717) is 6.54 Å².